The third-order valence-electron chi connectivity index (χ3n) is 3.10. The van der Waals surface area contributed by atoms with Crippen LogP contribution in [0.5, 0.6) is 0 Å². The molecule has 11 heavy (non-hydrogen) atoms. The van der Waals surface area contributed by atoms with Gasteiger partial charge in [-0.3, -0.25) is 0 Å². The SMILES string of the molecule is C/C=C/C(C)C1CCCC1C. The van der Waals surface area contributed by atoms with Crippen LogP contribution in [0.15, 0.2) is 12.2 Å². The Hall–Kier alpha value is -0.260. The molecule has 0 amide bonds. The molecule has 0 saturated heterocycles. The summed E-state index contributed by atoms with van der Waals surface area (Å²) in [5.41, 5.74) is 0. The highest BCUT2D eigenvalue weighted by Gasteiger charge is 2.26. The fourth-order valence-corrected chi connectivity index (χ4v) is 2.40. The lowest BCUT2D eigenvalue weighted by atomic mass is 9.86. The van der Waals surface area contributed by atoms with Crippen LogP contribution in [0.2, 0.25) is 0 Å². The standard InChI is InChI=1S/C11H20/c1-4-6-9(2)11-8-5-7-10(11)3/h4,6,9-11H,5,7-8H2,1-3H3/b6-4+. The summed E-state index contributed by atoms with van der Waals surface area (Å²) in [5.74, 6) is 2.73. The van der Waals surface area contributed by atoms with Gasteiger partial charge in [0, 0.05) is 0 Å². The van der Waals surface area contributed by atoms with Gasteiger partial charge in [0.15, 0.2) is 0 Å². The molecule has 0 heteroatoms. The van der Waals surface area contributed by atoms with Crippen molar-refractivity contribution in [1.82, 2.24) is 0 Å². The lowest BCUT2D eigenvalue weighted by Crippen LogP contribution is -2.11. The molecule has 3 atom stereocenters. The summed E-state index contributed by atoms with van der Waals surface area (Å²) in [6.45, 7) is 6.88. The highest BCUT2D eigenvalue weighted by Crippen LogP contribution is 2.36. The molecule has 0 aromatic rings. The van der Waals surface area contributed by atoms with Crippen LogP contribution in [-0.4, -0.2) is 0 Å². The van der Waals surface area contributed by atoms with E-state index in [4.69, 9.17) is 0 Å². The minimum absolute atomic E-state index is 0.803. The van der Waals surface area contributed by atoms with Crippen LogP contribution in [0.4, 0.5) is 0 Å². The average Bonchev–Trinajstić information content (AvgIpc) is 2.36. The first-order chi connectivity index (χ1) is 5.25. The number of hydrogen-bond acceptors (Lipinski definition) is 0. The smallest absolute Gasteiger partial charge is 0.0231 e. The Kier molecular flexibility index (Phi) is 3.16. The van der Waals surface area contributed by atoms with Crippen molar-refractivity contribution in [1.29, 1.82) is 0 Å². The fourth-order valence-electron chi connectivity index (χ4n) is 2.40. The predicted molar refractivity (Wildman–Crippen MR) is 50.5 cm³/mol. The van der Waals surface area contributed by atoms with E-state index in [1.54, 1.807) is 0 Å². The molecule has 64 valence electrons. The quantitative estimate of drug-likeness (QED) is 0.530. The largest absolute Gasteiger partial charge is 0.0914 e. The molecule has 1 aliphatic rings. The molecule has 0 bridgehead atoms. The van der Waals surface area contributed by atoms with Gasteiger partial charge in [-0.25, -0.2) is 0 Å². The van der Waals surface area contributed by atoms with E-state index in [2.05, 4.69) is 32.9 Å². The molecule has 0 aliphatic heterocycles. The van der Waals surface area contributed by atoms with Gasteiger partial charge in [-0.05, 0) is 31.1 Å². The number of hydrogen-bond donors (Lipinski definition) is 0. The van der Waals surface area contributed by atoms with Crippen molar-refractivity contribution in [3.8, 4) is 0 Å². The van der Waals surface area contributed by atoms with Crippen LogP contribution >= 0.6 is 0 Å². The van der Waals surface area contributed by atoms with Gasteiger partial charge in [0.25, 0.3) is 0 Å². The Morgan fingerprint density at radius 1 is 1.36 bits per heavy atom. The van der Waals surface area contributed by atoms with Crippen LogP contribution in [-0.2, 0) is 0 Å². The van der Waals surface area contributed by atoms with Gasteiger partial charge < -0.3 is 0 Å². The molecule has 0 nitrogen and oxygen atoms in total. The Morgan fingerprint density at radius 3 is 2.55 bits per heavy atom. The zero-order valence-electron chi connectivity index (χ0n) is 8.01. The molecule has 1 rings (SSSR count). The van der Waals surface area contributed by atoms with Crippen LogP contribution in [0, 0.1) is 17.8 Å². The van der Waals surface area contributed by atoms with E-state index >= 15 is 0 Å². The third kappa shape index (κ3) is 2.08. The van der Waals surface area contributed by atoms with Crippen LogP contribution in [0.3, 0.4) is 0 Å². The second kappa shape index (κ2) is 3.94. The van der Waals surface area contributed by atoms with E-state index in [1.807, 2.05) is 0 Å². The second-order valence-electron chi connectivity index (χ2n) is 3.96. The molecular weight excluding hydrogens is 132 g/mol. The molecule has 1 fully saturated rings. The summed E-state index contributed by atoms with van der Waals surface area (Å²) in [7, 11) is 0. The van der Waals surface area contributed by atoms with E-state index in [9.17, 15) is 0 Å². The third-order valence-corrected chi connectivity index (χ3v) is 3.10. The summed E-state index contributed by atoms with van der Waals surface area (Å²) < 4.78 is 0. The molecule has 0 N–H and O–H groups in total. The zero-order chi connectivity index (χ0) is 8.27. The van der Waals surface area contributed by atoms with E-state index in [-0.39, 0.29) is 0 Å². The maximum Gasteiger partial charge on any atom is -0.0231 e. The Morgan fingerprint density at radius 2 is 2.09 bits per heavy atom. The van der Waals surface area contributed by atoms with Gasteiger partial charge in [0.2, 0.25) is 0 Å². The van der Waals surface area contributed by atoms with Crippen LogP contribution in [0.1, 0.15) is 40.0 Å². The van der Waals surface area contributed by atoms with E-state index in [0.29, 0.717) is 0 Å². The highest BCUT2D eigenvalue weighted by molar-refractivity contribution is 4.90. The predicted octanol–water partition coefficient (Wildman–Crippen LogP) is 3.63. The maximum absolute atomic E-state index is 2.40. The molecule has 0 spiro atoms. The van der Waals surface area contributed by atoms with Crippen LogP contribution in [0.25, 0.3) is 0 Å². The van der Waals surface area contributed by atoms with E-state index in [1.165, 1.54) is 19.3 Å². The van der Waals surface area contributed by atoms with Gasteiger partial charge in [0.05, 0.1) is 0 Å². The van der Waals surface area contributed by atoms with Crippen molar-refractivity contribution < 1.29 is 0 Å². The van der Waals surface area contributed by atoms with Crippen molar-refractivity contribution in [2.24, 2.45) is 17.8 Å². The maximum atomic E-state index is 2.40. The summed E-state index contributed by atoms with van der Waals surface area (Å²) in [6.07, 6.45) is 8.90. The van der Waals surface area contributed by atoms with Gasteiger partial charge in [0.1, 0.15) is 0 Å². The minimum Gasteiger partial charge on any atom is -0.0914 e. The Bertz CT molecular complexity index is 135. The van der Waals surface area contributed by atoms with Crippen molar-refractivity contribution in [2.45, 2.75) is 40.0 Å². The molecule has 0 radical (unpaired) electrons. The first-order valence-corrected chi connectivity index (χ1v) is 4.88. The van der Waals surface area contributed by atoms with Gasteiger partial charge in [-0.15, -0.1) is 0 Å². The van der Waals surface area contributed by atoms with Crippen LogP contribution < -0.4 is 0 Å². The van der Waals surface area contributed by atoms with Gasteiger partial charge in [-0.2, -0.15) is 0 Å². The normalized spacial score (nSPS) is 34.8. The highest BCUT2D eigenvalue weighted by atomic mass is 14.3. The molecule has 0 aromatic carbocycles. The average molecular weight is 152 g/mol. The van der Waals surface area contributed by atoms with Crippen molar-refractivity contribution in [3.05, 3.63) is 12.2 Å². The number of rotatable bonds is 2. The first-order valence-electron chi connectivity index (χ1n) is 4.88. The summed E-state index contributed by atoms with van der Waals surface area (Å²) in [4.78, 5) is 0. The monoisotopic (exact) mass is 152 g/mol. The molecular formula is C11H20. The molecule has 0 heterocycles. The molecule has 1 aliphatic carbocycles. The lowest BCUT2D eigenvalue weighted by molar-refractivity contribution is 0.341. The fraction of sp³-hybridized carbons (Fsp3) is 0.818. The summed E-state index contributed by atoms with van der Waals surface area (Å²) in [5, 5.41) is 0. The van der Waals surface area contributed by atoms with Crippen molar-refractivity contribution in [2.75, 3.05) is 0 Å². The lowest BCUT2D eigenvalue weighted by Gasteiger charge is -2.19. The number of allylic oxidation sites excluding steroid dienone is 2. The topological polar surface area (TPSA) is 0 Å². The van der Waals surface area contributed by atoms with Gasteiger partial charge in [-0.1, -0.05) is 38.8 Å². The summed E-state index contributed by atoms with van der Waals surface area (Å²) in [6, 6.07) is 0. The van der Waals surface area contributed by atoms with E-state index in [0.717, 1.165) is 17.8 Å². The minimum atomic E-state index is 0.803. The Labute approximate surface area is 70.7 Å². The van der Waals surface area contributed by atoms with Crippen molar-refractivity contribution in [3.63, 3.8) is 0 Å². The van der Waals surface area contributed by atoms with Gasteiger partial charge >= 0.3 is 0 Å². The Balaban J connectivity index is 2.45. The van der Waals surface area contributed by atoms with Crippen molar-refractivity contribution >= 4 is 0 Å². The zero-order valence-corrected chi connectivity index (χ0v) is 8.01. The first kappa shape index (κ1) is 8.83. The molecule has 0 aromatic heterocycles. The summed E-state index contributed by atoms with van der Waals surface area (Å²) >= 11 is 0. The second-order valence-corrected chi connectivity index (χ2v) is 3.96. The van der Waals surface area contributed by atoms with E-state index < -0.39 is 0 Å². The molecule has 3 unspecified atom stereocenters. The molecule has 1 saturated carbocycles.